The molecule has 0 N–H and O–H groups in total. The molecule has 3 rings (SSSR count). The Hall–Kier alpha value is -2.57. The van der Waals surface area contributed by atoms with Gasteiger partial charge in [-0.2, -0.15) is 0 Å². The number of carbonyl (C=O) groups excluding carboxylic acids is 1. The molecule has 0 radical (unpaired) electrons. The summed E-state index contributed by atoms with van der Waals surface area (Å²) in [5.41, 5.74) is 1.99. The first-order valence-electron chi connectivity index (χ1n) is 9.97. The van der Waals surface area contributed by atoms with Crippen LogP contribution in [0.5, 0.6) is 17.2 Å². The van der Waals surface area contributed by atoms with Crippen LogP contribution in [0.4, 0.5) is 0 Å². The van der Waals surface area contributed by atoms with E-state index in [2.05, 4.69) is 24.0 Å². The van der Waals surface area contributed by atoms with E-state index in [1.54, 1.807) is 14.2 Å². The van der Waals surface area contributed by atoms with Crippen molar-refractivity contribution in [2.75, 3.05) is 34.0 Å². The van der Waals surface area contributed by atoms with Crippen molar-refractivity contribution >= 4 is 6.29 Å². The molecule has 6 heteroatoms. The molecule has 1 saturated heterocycles. The van der Waals surface area contributed by atoms with Gasteiger partial charge in [0.1, 0.15) is 29.8 Å². The predicted octanol–water partition coefficient (Wildman–Crippen LogP) is 3.63. The van der Waals surface area contributed by atoms with Crippen LogP contribution in [0, 0.1) is 0 Å². The lowest BCUT2D eigenvalue weighted by molar-refractivity contribution is -0.111. The molecule has 2 aromatic carbocycles. The van der Waals surface area contributed by atoms with Crippen LogP contribution < -0.4 is 14.2 Å². The van der Waals surface area contributed by atoms with Gasteiger partial charge in [-0.05, 0) is 42.7 Å². The Labute approximate surface area is 172 Å². The van der Waals surface area contributed by atoms with Crippen LogP contribution in [-0.2, 0) is 16.0 Å². The number of hydrogen-bond acceptors (Lipinski definition) is 6. The highest BCUT2D eigenvalue weighted by Gasteiger charge is 2.38. The van der Waals surface area contributed by atoms with E-state index in [9.17, 15) is 4.79 Å². The van der Waals surface area contributed by atoms with Crippen LogP contribution in [0.2, 0.25) is 0 Å². The molecule has 0 aromatic heterocycles. The van der Waals surface area contributed by atoms with E-state index in [4.69, 9.17) is 18.9 Å². The summed E-state index contributed by atoms with van der Waals surface area (Å²) in [5, 5.41) is 0. The fourth-order valence-corrected chi connectivity index (χ4v) is 3.56. The summed E-state index contributed by atoms with van der Waals surface area (Å²) < 4.78 is 22.7. The highest BCUT2D eigenvalue weighted by molar-refractivity contribution is 5.59. The van der Waals surface area contributed by atoms with E-state index in [0.717, 1.165) is 30.4 Å². The van der Waals surface area contributed by atoms with Crippen molar-refractivity contribution in [1.82, 2.24) is 4.90 Å². The minimum atomic E-state index is -0.400. The monoisotopic (exact) mass is 399 g/mol. The van der Waals surface area contributed by atoms with Crippen molar-refractivity contribution in [1.29, 1.82) is 0 Å². The molecule has 6 nitrogen and oxygen atoms in total. The molecule has 2 atom stereocenters. The summed E-state index contributed by atoms with van der Waals surface area (Å²) in [6.07, 6.45) is 2.32. The number of ether oxygens (including phenoxy) is 4. The van der Waals surface area contributed by atoms with Crippen molar-refractivity contribution in [3.05, 3.63) is 53.6 Å². The van der Waals surface area contributed by atoms with Gasteiger partial charge in [-0.1, -0.05) is 25.1 Å². The third-order valence-corrected chi connectivity index (χ3v) is 5.08. The third-order valence-electron chi connectivity index (χ3n) is 5.08. The lowest BCUT2D eigenvalue weighted by atomic mass is 10.1. The summed E-state index contributed by atoms with van der Waals surface area (Å²) in [7, 11) is 3.24. The second-order valence-electron chi connectivity index (χ2n) is 6.95. The fourth-order valence-electron chi connectivity index (χ4n) is 3.56. The molecule has 0 amide bonds. The van der Waals surface area contributed by atoms with E-state index in [0.29, 0.717) is 31.3 Å². The summed E-state index contributed by atoms with van der Waals surface area (Å²) >= 11 is 0. The second-order valence-corrected chi connectivity index (χ2v) is 6.95. The van der Waals surface area contributed by atoms with Crippen LogP contribution in [-0.4, -0.2) is 51.2 Å². The molecular weight excluding hydrogens is 370 g/mol. The van der Waals surface area contributed by atoms with Gasteiger partial charge in [0.2, 0.25) is 0 Å². The van der Waals surface area contributed by atoms with Gasteiger partial charge in [0.05, 0.1) is 39.0 Å². The topological polar surface area (TPSA) is 57.2 Å². The average Bonchev–Trinajstić information content (AvgIpc) is 3.18. The standard InChI is InChI=1S/C23H29NO5/c1-4-14-28-19-10-8-17(9-11-19)12-13-24-18(15-25)16-29-23(24)22-20(26-2)6-5-7-21(22)27-3/h5-11,15,18,23H,4,12-14,16H2,1-3H3. The highest BCUT2D eigenvalue weighted by atomic mass is 16.5. The normalized spacial score (nSPS) is 19.1. The largest absolute Gasteiger partial charge is 0.496 e. The Morgan fingerprint density at radius 2 is 1.79 bits per heavy atom. The molecule has 1 aliphatic heterocycles. The van der Waals surface area contributed by atoms with E-state index >= 15 is 0 Å². The van der Waals surface area contributed by atoms with Gasteiger partial charge < -0.3 is 23.7 Å². The molecule has 2 unspecified atom stereocenters. The first-order chi connectivity index (χ1) is 14.2. The highest BCUT2D eigenvalue weighted by Crippen LogP contribution is 2.41. The number of benzene rings is 2. The van der Waals surface area contributed by atoms with Crippen LogP contribution in [0.15, 0.2) is 42.5 Å². The Kier molecular flexibility index (Phi) is 7.49. The number of nitrogens with zero attached hydrogens (tertiary/aromatic N) is 1. The summed E-state index contributed by atoms with van der Waals surface area (Å²) in [5.74, 6) is 2.24. The number of rotatable bonds is 10. The average molecular weight is 399 g/mol. The maximum absolute atomic E-state index is 11.7. The van der Waals surface area contributed by atoms with Gasteiger partial charge in [0, 0.05) is 6.54 Å². The maximum Gasteiger partial charge on any atom is 0.144 e. The van der Waals surface area contributed by atoms with Gasteiger partial charge in [-0.15, -0.1) is 0 Å². The first-order valence-corrected chi connectivity index (χ1v) is 9.97. The number of hydrogen-bond donors (Lipinski definition) is 0. The maximum atomic E-state index is 11.7. The molecule has 0 aliphatic carbocycles. The minimum Gasteiger partial charge on any atom is -0.496 e. The van der Waals surface area contributed by atoms with E-state index in [1.807, 2.05) is 30.3 Å². The zero-order valence-corrected chi connectivity index (χ0v) is 17.3. The van der Waals surface area contributed by atoms with Gasteiger partial charge >= 0.3 is 0 Å². The molecule has 0 bridgehead atoms. The minimum absolute atomic E-state index is 0.304. The molecular formula is C23H29NO5. The molecule has 156 valence electrons. The van der Waals surface area contributed by atoms with Crippen LogP contribution in [0.3, 0.4) is 0 Å². The Bertz CT molecular complexity index is 770. The molecule has 1 heterocycles. The fraction of sp³-hybridized carbons (Fsp3) is 0.435. The molecule has 2 aromatic rings. The Morgan fingerprint density at radius 1 is 1.10 bits per heavy atom. The summed E-state index contributed by atoms with van der Waals surface area (Å²) in [6.45, 7) is 3.82. The van der Waals surface area contributed by atoms with Crippen molar-refractivity contribution in [2.24, 2.45) is 0 Å². The molecule has 1 fully saturated rings. The van der Waals surface area contributed by atoms with Crippen LogP contribution >= 0.6 is 0 Å². The van der Waals surface area contributed by atoms with E-state index in [-0.39, 0.29) is 6.04 Å². The summed E-state index contributed by atoms with van der Waals surface area (Å²) in [6, 6.07) is 13.4. The SMILES string of the molecule is CCCOc1ccc(CCN2C(C=O)COC2c2c(OC)cccc2OC)cc1. The zero-order valence-electron chi connectivity index (χ0n) is 17.3. The third kappa shape index (κ3) is 4.89. The molecule has 1 aliphatic rings. The summed E-state index contributed by atoms with van der Waals surface area (Å²) in [4.78, 5) is 13.7. The Morgan fingerprint density at radius 3 is 2.38 bits per heavy atom. The Balaban J connectivity index is 1.76. The lowest BCUT2D eigenvalue weighted by Crippen LogP contribution is -2.35. The molecule has 29 heavy (non-hydrogen) atoms. The van der Waals surface area contributed by atoms with E-state index in [1.165, 1.54) is 5.56 Å². The number of methoxy groups -OCH3 is 2. The number of aldehydes is 1. The smallest absolute Gasteiger partial charge is 0.144 e. The van der Waals surface area contributed by atoms with E-state index < -0.39 is 6.23 Å². The van der Waals surface area contributed by atoms with Crippen molar-refractivity contribution in [3.63, 3.8) is 0 Å². The van der Waals surface area contributed by atoms with Gasteiger partial charge in [-0.25, -0.2) is 0 Å². The zero-order chi connectivity index (χ0) is 20.6. The first kappa shape index (κ1) is 21.1. The lowest BCUT2D eigenvalue weighted by Gasteiger charge is -2.28. The van der Waals surface area contributed by atoms with Crippen molar-refractivity contribution in [3.8, 4) is 17.2 Å². The van der Waals surface area contributed by atoms with Gasteiger partial charge in [0.25, 0.3) is 0 Å². The second kappa shape index (κ2) is 10.3. The van der Waals surface area contributed by atoms with Crippen LogP contribution in [0.1, 0.15) is 30.7 Å². The number of carbonyl (C=O) groups is 1. The predicted molar refractivity (Wildman–Crippen MR) is 111 cm³/mol. The quantitative estimate of drug-likeness (QED) is 0.569. The van der Waals surface area contributed by atoms with Crippen molar-refractivity contribution < 1.29 is 23.7 Å². The van der Waals surface area contributed by atoms with Crippen LogP contribution in [0.25, 0.3) is 0 Å². The van der Waals surface area contributed by atoms with Crippen molar-refractivity contribution in [2.45, 2.75) is 32.0 Å². The van der Waals surface area contributed by atoms with Gasteiger partial charge in [-0.3, -0.25) is 4.90 Å². The molecule has 0 saturated carbocycles. The molecule has 0 spiro atoms. The van der Waals surface area contributed by atoms with Gasteiger partial charge in [0.15, 0.2) is 0 Å².